The van der Waals surface area contributed by atoms with E-state index in [0.29, 0.717) is 39.3 Å². The van der Waals surface area contributed by atoms with E-state index in [1.807, 2.05) is 42.2 Å². The molecule has 138 valence electrons. The van der Waals surface area contributed by atoms with Crippen LogP contribution in [0.1, 0.15) is 37.7 Å². The van der Waals surface area contributed by atoms with Gasteiger partial charge in [-0.1, -0.05) is 37.3 Å². The third kappa shape index (κ3) is 3.88. The van der Waals surface area contributed by atoms with Crippen molar-refractivity contribution in [3.63, 3.8) is 0 Å². The fraction of sp³-hybridized carbons (Fsp3) is 0.611. The normalized spacial score (nSPS) is 21.4. The zero-order valence-electron chi connectivity index (χ0n) is 14.8. The number of hydrogen-bond acceptors (Lipinski definition) is 3. The van der Waals surface area contributed by atoms with E-state index < -0.39 is 10.2 Å². The number of nitrogens with zero attached hydrogens (tertiary/aromatic N) is 3. The van der Waals surface area contributed by atoms with Gasteiger partial charge in [-0.3, -0.25) is 4.79 Å². The highest BCUT2D eigenvalue weighted by Crippen LogP contribution is 2.24. The predicted octanol–water partition coefficient (Wildman–Crippen LogP) is 1.66. The summed E-state index contributed by atoms with van der Waals surface area (Å²) in [7, 11) is -3.36. The number of benzene rings is 1. The molecule has 25 heavy (non-hydrogen) atoms. The maximum atomic E-state index is 12.9. The molecule has 1 atom stereocenters. The number of carbonyl (C=O) groups is 1. The van der Waals surface area contributed by atoms with Gasteiger partial charge in [0.05, 0.1) is 5.92 Å². The summed E-state index contributed by atoms with van der Waals surface area (Å²) in [5, 5.41) is 0. The number of rotatable bonds is 5. The minimum absolute atomic E-state index is 0.104. The van der Waals surface area contributed by atoms with Gasteiger partial charge < -0.3 is 4.90 Å². The number of carbonyl (C=O) groups excluding carboxylic acids is 1. The molecule has 2 aliphatic rings. The third-order valence-electron chi connectivity index (χ3n) is 5.18. The summed E-state index contributed by atoms with van der Waals surface area (Å²) in [6, 6.07) is 9.82. The Morgan fingerprint density at radius 2 is 1.52 bits per heavy atom. The van der Waals surface area contributed by atoms with Gasteiger partial charge in [0.25, 0.3) is 10.2 Å². The Morgan fingerprint density at radius 1 is 0.960 bits per heavy atom. The molecule has 1 unspecified atom stereocenters. The summed E-state index contributed by atoms with van der Waals surface area (Å²) in [6.45, 7) is 4.96. The first-order chi connectivity index (χ1) is 12.0. The van der Waals surface area contributed by atoms with E-state index >= 15 is 0 Å². The minimum Gasteiger partial charge on any atom is -0.340 e. The largest absolute Gasteiger partial charge is 0.340 e. The molecule has 6 nitrogen and oxygen atoms in total. The Hall–Kier alpha value is -1.44. The Labute approximate surface area is 150 Å². The summed E-state index contributed by atoms with van der Waals surface area (Å²) >= 11 is 0. The molecule has 1 amide bonds. The maximum absolute atomic E-state index is 12.9. The quantitative estimate of drug-likeness (QED) is 0.797. The van der Waals surface area contributed by atoms with E-state index in [9.17, 15) is 13.2 Å². The van der Waals surface area contributed by atoms with Crippen LogP contribution in [0.3, 0.4) is 0 Å². The van der Waals surface area contributed by atoms with Crippen LogP contribution in [0.5, 0.6) is 0 Å². The van der Waals surface area contributed by atoms with E-state index in [2.05, 4.69) is 0 Å². The Balaban J connectivity index is 1.62. The van der Waals surface area contributed by atoms with Crippen molar-refractivity contribution in [2.45, 2.75) is 32.1 Å². The molecule has 1 aromatic carbocycles. The monoisotopic (exact) mass is 365 g/mol. The standard InChI is InChI=1S/C18H27N3O3S/c1-2-17(16-8-4-3-5-9-16)18(22)19-12-14-21(15-13-19)25(23,24)20-10-6-7-11-20/h3-5,8-9,17H,2,6-7,10-15H2,1H3. The highest BCUT2D eigenvalue weighted by molar-refractivity contribution is 7.86. The predicted molar refractivity (Wildman–Crippen MR) is 97.4 cm³/mol. The molecule has 0 aromatic heterocycles. The molecule has 0 spiro atoms. The molecule has 7 heteroatoms. The lowest BCUT2D eigenvalue weighted by molar-refractivity contribution is -0.134. The maximum Gasteiger partial charge on any atom is 0.282 e. The molecule has 2 aliphatic heterocycles. The molecule has 2 saturated heterocycles. The van der Waals surface area contributed by atoms with E-state index in [0.717, 1.165) is 24.8 Å². The molecule has 2 fully saturated rings. The zero-order chi connectivity index (χ0) is 17.9. The molecule has 2 heterocycles. The van der Waals surface area contributed by atoms with E-state index in [1.165, 1.54) is 4.31 Å². The van der Waals surface area contributed by atoms with Crippen molar-refractivity contribution in [2.75, 3.05) is 39.3 Å². The third-order valence-corrected chi connectivity index (χ3v) is 7.21. The molecule has 3 rings (SSSR count). The van der Waals surface area contributed by atoms with Crippen LogP contribution in [0.2, 0.25) is 0 Å². The van der Waals surface area contributed by atoms with Crippen molar-refractivity contribution in [1.29, 1.82) is 0 Å². The van der Waals surface area contributed by atoms with Crippen molar-refractivity contribution in [3.05, 3.63) is 35.9 Å². The fourth-order valence-corrected chi connectivity index (χ4v) is 5.35. The van der Waals surface area contributed by atoms with Crippen LogP contribution < -0.4 is 0 Å². The molecule has 1 aromatic rings. The van der Waals surface area contributed by atoms with Gasteiger partial charge in [-0.15, -0.1) is 0 Å². The van der Waals surface area contributed by atoms with Crippen molar-refractivity contribution < 1.29 is 13.2 Å². The number of amides is 1. The van der Waals surface area contributed by atoms with Crippen LogP contribution in [0.25, 0.3) is 0 Å². The number of hydrogen-bond donors (Lipinski definition) is 0. The van der Waals surface area contributed by atoms with Crippen LogP contribution >= 0.6 is 0 Å². The Bertz CT molecular complexity index is 679. The van der Waals surface area contributed by atoms with E-state index in [-0.39, 0.29) is 11.8 Å². The number of piperazine rings is 1. The van der Waals surface area contributed by atoms with Gasteiger partial charge in [-0.2, -0.15) is 17.0 Å². The van der Waals surface area contributed by atoms with Gasteiger partial charge in [0, 0.05) is 39.3 Å². The van der Waals surface area contributed by atoms with Crippen LogP contribution in [-0.2, 0) is 15.0 Å². The van der Waals surface area contributed by atoms with Gasteiger partial charge in [0.1, 0.15) is 0 Å². The second-order valence-corrected chi connectivity index (χ2v) is 8.64. The lowest BCUT2D eigenvalue weighted by Crippen LogP contribution is -2.54. The first-order valence-electron chi connectivity index (χ1n) is 9.13. The van der Waals surface area contributed by atoms with Crippen molar-refractivity contribution >= 4 is 16.1 Å². The second-order valence-electron chi connectivity index (χ2n) is 6.71. The van der Waals surface area contributed by atoms with Gasteiger partial charge >= 0.3 is 0 Å². The molecular weight excluding hydrogens is 338 g/mol. The summed E-state index contributed by atoms with van der Waals surface area (Å²) in [5.74, 6) is -0.0464. The topological polar surface area (TPSA) is 60.9 Å². The molecule has 0 aliphatic carbocycles. The molecular formula is C18H27N3O3S. The first-order valence-corrected chi connectivity index (χ1v) is 10.5. The van der Waals surface area contributed by atoms with E-state index in [4.69, 9.17) is 0 Å². The van der Waals surface area contributed by atoms with Crippen molar-refractivity contribution in [3.8, 4) is 0 Å². The van der Waals surface area contributed by atoms with Gasteiger partial charge in [0.15, 0.2) is 0 Å². The molecule has 0 radical (unpaired) electrons. The lowest BCUT2D eigenvalue weighted by atomic mass is 9.95. The average molecular weight is 365 g/mol. The van der Waals surface area contributed by atoms with Crippen molar-refractivity contribution in [2.24, 2.45) is 0 Å². The minimum atomic E-state index is -3.36. The zero-order valence-corrected chi connectivity index (χ0v) is 15.6. The Kier molecular flexibility index (Phi) is 5.76. The second kappa shape index (κ2) is 7.85. The van der Waals surface area contributed by atoms with Gasteiger partial charge in [0.2, 0.25) is 5.91 Å². The van der Waals surface area contributed by atoms with Gasteiger partial charge in [-0.05, 0) is 24.8 Å². The molecule has 0 N–H and O–H groups in total. The summed E-state index contributed by atoms with van der Waals surface area (Å²) in [5.41, 5.74) is 1.03. The van der Waals surface area contributed by atoms with Crippen molar-refractivity contribution in [1.82, 2.24) is 13.5 Å². The summed E-state index contributed by atoms with van der Waals surface area (Å²) in [6.07, 6.45) is 2.62. The van der Waals surface area contributed by atoms with Crippen LogP contribution in [-0.4, -0.2) is 67.1 Å². The van der Waals surface area contributed by atoms with E-state index in [1.54, 1.807) is 4.31 Å². The molecule has 0 saturated carbocycles. The van der Waals surface area contributed by atoms with Crippen LogP contribution in [0.4, 0.5) is 0 Å². The van der Waals surface area contributed by atoms with Crippen LogP contribution in [0.15, 0.2) is 30.3 Å². The average Bonchev–Trinajstić information content (AvgIpc) is 3.19. The van der Waals surface area contributed by atoms with Crippen LogP contribution in [0, 0.1) is 0 Å². The Morgan fingerprint density at radius 3 is 2.08 bits per heavy atom. The van der Waals surface area contributed by atoms with Gasteiger partial charge in [-0.25, -0.2) is 0 Å². The smallest absolute Gasteiger partial charge is 0.282 e. The molecule has 0 bridgehead atoms. The first kappa shape index (κ1) is 18.4. The highest BCUT2D eigenvalue weighted by Gasteiger charge is 2.35. The fourth-order valence-electron chi connectivity index (χ4n) is 3.68. The summed E-state index contributed by atoms with van der Waals surface area (Å²) in [4.78, 5) is 14.7. The highest BCUT2D eigenvalue weighted by atomic mass is 32.2. The lowest BCUT2D eigenvalue weighted by Gasteiger charge is -2.37. The SMILES string of the molecule is CCC(C(=O)N1CCN(S(=O)(=O)N2CCCC2)CC1)c1ccccc1. The summed E-state index contributed by atoms with van der Waals surface area (Å²) < 4.78 is 28.4.